The molecule has 0 bridgehead atoms. The highest BCUT2D eigenvalue weighted by Crippen LogP contribution is 2.38. The molecule has 10 heteroatoms. The fraction of sp³-hybridized carbons (Fsp3) is 0.154. The summed E-state index contributed by atoms with van der Waals surface area (Å²) in [7, 11) is 0. The molecule has 0 saturated heterocycles. The molecule has 1 N–H and O–H groups in total. The Labute approximate surface area is 219 Å². The number of hydrogen-bond acceptors (Lipinski definition) is 4. The molecule has 0 aliphatic rings. The van der Waals surface area contributed by atoms with Crippen molar-refractivity contribution in [3.05, 3.63) is 92.4 Å². The first kappa shape index (κ1) is 27.1. The molecule has 5 nitrogen and oxygen atoms in total. The zero-order chi connectivity index (χ0) is 26.3. The van der Waals surface area contributed by atoms with Crippen molar-refractivity contribution in [2.24, 2.45) is 0 Å². The summed E-state index contributed by atoms with van der Waals surface area (Å²) in [6.45, 7) is 2.34. The lowest BCUT2D eigenvalue weighted by Gasteiger charge is -2.15. The smallest absolute Gasteiger partial charge is 0.416 e. The van der Waals surface area contributed by atoms with Crippen LogP contribution in [0.1, 0.15) is 23.6 Å². The molecule has 3 aromatic carbocycles. The maximum Gasteiger partial charge on any atom is 0.416 e. The molecular weight excluding hydrogens is 561 g/mol. The second-order valence-electron chi connectivity index (χ2n) is 7.38. The van der Waals surface area contributed by atoms with E-state index in [4.69, 9.17) is 21.1 Å². The average Bonchev–Trinajstić information content (AvgIpc) is 2.82. The van der Waals surface area contributed by atoms with Gasteiger partial charge in [-0.3, -0.25) is 4.79 Å². The maximum absolute atomic E-state index is 12.9. The van der Waals surface area contributed by atoms with E-state index in [-0.39, 0.29) is 17.9 Å². The van der Waals surface area contributed by atoms with Crippen molar-refractivity contribution in [1.82, 2.24) is 0 Å². The Hall–Kier alpha value is -3.48. The summed E-state index contributed by atoms with van der Waals surface area (Å²) in [4.78, 5) is 12.6. The van der Waals surface area contributed by atoms with Crippen LogP contribution < -0.4 is 14.8 Å². The van der Waals surface area contributed by atoms with Gasteiger partial charge < -0.3 is 14.8 Å². The number of carbonyl (C=O) groups excluding carboxylic acids is 1. The topological polar surface area (TPSA) is 71.3 Å². The Bertz CT molecular complexity index is 1340. The third-order valence-corrected chi connectivity index (χ3v) is 5.55. The van der Waals surface area contributed by atoms with Gasteiger partial charge in [0.05, 0.1) is 16.6 Å². The van der Waals surface area contributed by atoms with Crippen LogP contribution in [0.3, 0.4) is 0 Å². The predicted octanol–water partition coefficient (Wildman–Crippen LogP) is 7.64. The summed E-state index contributed by atoms with van der Waals surface area (Å²) in [5, 5.41) is 12.4. The van der Waals surface area contributed by atoms with E-state index in [9.17, 15) is 23.2 Å². The predicted molar refractivity (Wildman–Crippen MR) is 135 cm³/mol. The van der Waals surface area contributed by atoms with Crippen LogP contribution in [0.5, 0.6) is 11.5 Å². The van der Waals surface area contributed by atoms with Gasteiger partial charge >= 0.3 is 6.18 Å². The van der Waals surface area contributed by atoms with E-state index in [2.05, 4.69) is 21.2 Å². The molecule has 3 rings (SSSR count). The van der Waals surface area contributed by atoms with E-state index in [1.54, 1.807) is 43.3 Å². The van der Waals surface area contributed by atoms with Crippen LogP contribution in [-0.4, -0.2) is 12.5 Å². The van der Waals surface area contributed by atoms with Gasteiger partial charge in [0.25, 0.3) is 5.91 Å². The van der Waals surface area contributed by atoms with E-state index in [1.165, 1.54) is 18.2 Å². The van der Waals surface area contributed by atoms with Gasteiger partial charge in [-0.2, -0.15) is 18.4 Å². The van der Waals surface area contributed by atoms with Gasteiger partial charge in [-0.25, -0.2) is 0 Å². The van der Waals surface area contributed by atoms with Crippen molar-refractivity contribution in [2.45, 2.75) is 19.7 Å². The van der Waals surface area contributed by atoms with Crippen LogP contribution in [0.4, 0.5) is 18.9 Å². The number of rotatable bonds is 8. The number of alkyl halides is 3. The fourth-order valence-corrected chi connectivity index (χ4v) is 3.93. The van der Waals surface area contributed by atoms with Crippen molar-refractivity contribution >= 4 is 45.2 Å². The summed E-state index contributed by atoms with van der Waals surface area (Å²) in [6, 6.07) is 16.4. The van der Waals surface area contributed by atoms with E-state index in [0.717, 1.165) is 17.7 Å². The van der Waals surface area contributed by atoms with E-state index < -0.39 is 17.6 Å². The monoisotopic (exact) mass is 578 g/mol. The Morgan fingerprint density at radius 1 is 1.14 bits per heavy atom. The summed E-state index contributed by atoms with van der Waals surface area (Å²) in [6.07, 6.45) is -3.26. The lowest BCUT2D eigenvalue weighted by molar-refractivity contribution is -0.137. The molecule has 0 radical (unpaired) electrons. The van der Waals surface area contributed by atoms with Crippen molar-refractivity contribution in [3.63, 3.8) is 0 Å². The van der Waals surface area contributed by atoms with Crippen LogP contribution in [0.2, 0.25) is 5.02 Å². The fourth-order valence-electron chi connectivity index (χ4n) is 3.14. The van der Waals surface area contributed by atoms with Gasteiger partial charge in [-0.05, 0) is 82.5 Å². The zero-order valence-corrected chi connectivity index (χ0v) is 21.2. The molecule has 36 heavy (non-hydrogen) atoms. The van der Waals surface area contributed by atoms with Crippen molar-refractivity contribution in [3.8, 4) is 17.6 Å². The quantitative estimate of drug-likeness (QED) is 0.220. The minimum absolute atomic E-state index is 0.0862. The molecule has 0 aliphatic heterocycles. The summed E-state index contributed by atoms with van der Waals surface area (Å²) < 4.78 is 51.0. The molecule has 0 aromatic heterocycles. The SMILES string of the molecule is CCOc1cc(/C=C(\C#N)C(=O)Nc2cccc(C(F)(F)F)c2)cc(Br)c1OCc1cccc(Cl)c1. The molecule has 0 spiro atoms. The Kier molecular flexibility index (Phi) is 9.02. The highest BCUT2D eigenvalue weighted by atomic mass is 79.9. The minimum Gasteiger partial charge on any atom is -0.490 e. The van der Waals surface area contributed by atoms with Gasteiger partial charge in [0, 0.05) is 10.7 Å². The second-order valence-corrected chi connectivity index (χ2v) is 8.67. The van der Waals surface area contributed by atoms with Crippen LogP contribution in [0.25, 0.3) is 6.08 Å². The lowest BCUT2D eigenvalue weighted by atomic mass is 10.1. The first-order chi connectivity index (χ1) is 17.1. The molecule has 0 saturated carbocycles. The van der Waals surface area contributed by atoms with Crippen LogP contribution >= 0.6 is 27.5 Å². The van der Waals surface area contributed by atoms with Crippen molar-refractivity contribution < 1.29 is 27.4 Å². The van der Waals surface area contributed by atoms with Gasteiger partial charge in [-0.1, -0.05) is 29.8 Å². The number of anilines is 1. The number of carbonyl (C=O) groups is 1. The number of nitrogens with zero attached hydrogens (tertiary/aromatic N) is 1. The Balaban J connectivity index is 1.84. The second kappa shape index (κ2) is 12.0. The molecule has 0 heterocycles. The molecule has 0 unspecified atom stereocenters. The van der Waals surface area contributed by atoms with Crippen LogP contribution in [0.15, 0.2) is 70.7 Å². The zero-order valence-electron chi connectivity index (χ0n) is 18.8. The van der Waals surface area contributed by atoms with Crippen LogP contribution in [-0.2, 0) is 17.6 Å². The molecule has 186 valence electrons. The number of nitriles is 1. The molecule has 1 amide bonds. The van der Waals surface area contributed by atoms with E-state index in [0.29, 0.717) is 33.2 Å². The molecular formula is C26H19BrClF3N2O3. The average molecular weight is 580 g/mol. The van der Waals surface area contributed by atoms with Crippen molar-refractivity contribution in [2.75, 3.05) is 11.9 Å². The van der Waals surface area contributed by atoms with Crippen LogP contribution in [0, 0.1) is 11.3 Å². The Morgan fingerprint density at radius 2 is 1.89 bits per heavy atom. The molecule has 0 aliphatic carbocycles. The van der Waals surface area contributed by atoms with Gasteiger partial charge in [0.15, 0.2) is 11.5 Å². The third kappa shape index (κ3) is 7.26. The standard InChI is InChI=1S/C26H19BrClF3N2O3/c1-2-35-23-12-17(11-22(27)24(23)36-15-16-5-3-7-20(28)10-16)9-18(14-32)25(34)33-21-8-4-6-19(13-21)26(29,30)31/h3-13H,2,15H2,1H3,(H,33,34)/b18-9+. The number of benzene rings is 3. The number of amides is 1. The summed E-state index contributed by atoms with van der Waals surface area (Å²) >= 11 is 9.46. The van der Waals surface area contributed by atoms with Gasteiger partial charge in [0.2, 0.25) is 0 Å². The third-order valence-electron chi connectivity index (χ3n) is 4.73. The first-order valence-corrected chi connectivity index (χ1v) is 11.7. The minimum atomic E-state index is -4.56. The molecule has 0 fully saturated rings. The van der Waals surface area contributed by atoms with Gasteiger partial charge in [-0.15, -0.1) is 0 Å². The summed E-state index contributed by atoms with van der Waals surface area (Å²) in [5.41, 5.74) is -0.0252. The van der Waals surface area contributed by atoms with Crippen molar-refractivity contribution in [1.29, 1.82) is 5.26 Å². The normalized spacial score (nSPS) is 11.5. The van der Waals surface area contributed by atoms with E-state index in [1.807, 2.05) is 6.07 Å². The number of halogens is 5. The largest absolute Gasteiger partial charge is 0.490 e. The first-order valence-electron chi connectivity index (χ1n) is 10.5. The Morgan fingerprint density at radius 3 is 2.56 bits per heavy atom. The number of ether oxygens (including phenoxy) is 2. The van der Waals surface area contributed by atoms with Gasteiger partial charge in [0.1, 0.15) is 18.2 Å². The number of hydrogen-bond donors (Lipinski definition) is 1. The lowest BCUT2D eigenvalue weighted by Crippen LogP contribution is -2.14. The molecule has 0 atom stereocenters. The highest BCUT2D eigenvalue weighted by molar-refractivity contribution is 9.10. The highest BCUT2D eigenvalue weighted by Gasteiger charge is 2.30. The molecule has 3 aromatic rings. The maximum atomic E-state index is 12.9. The van der Waals surface area contributed by atoms with E-state index >= 15 is 0 Å². The summed E-state index contributed by atoms with van der Waals surface area (Å²) in [5.74, 6) is -0.0659. The number of nitrogens with one attached hydrogen (secondary N) is 1.